The summed E-state index contributed by atoms with van der Waals surface area (Å²) in [6, 6.07) is 12.2. The summed E-state index contributed by atoms with van der Waals surface area (Å²) in [5, 5.41) is 4.56. The van der Waals surface area contributed by atoms with E-state index in [0.29, 0.717) is 29.7 Å². The number of H-pyrrole nitrogens is 1. The molecule has 4 rings (SSSR count). The van der Waals surface area contributed by atoms with Gasteiger partial charge in [0.25, 0.3) is 0 Å². The number of rotatable bonds is 6. The van der Waals surface area contributed by atoms with Crippen molar-refractivity contribution in [1.29, 1.82) is 0 Å². The molecule has 3 aromatic rings. The fourth-order valence-electron chi connectivity index (χ4n) is 3.99. The smallest absolute Gasteiger partial charge is 0.216 e. The first-order chi connectivity index (χ1) is 14.1. The van der Waals surface area contributed by atoms with Crippen molar-refractivity contribution >= 4 is 34.2 Å². The topological polar surface area (TPSA) is 67.0 Å². The number of nitrogens with zero attached hydrogens (tertiary/aromatic N) is 1. The highest BCUT2D eigenvalue weighted by Crippen LogP contribution is 2.33. The highest BCUT2D eigenvalue weighted by molar-refractivity contribution is 7.80. The SMILES string of the molecule is CC(=O)NCCc1c(-c2ccccc2)[nH]c2ncc(OC(=S)C3CCCC3)cc12. The molecule has 1 aliphatic carbocycles. The number of amides is 1. The normalized spacial score (nSPS) is 14.2. The van der Waals surface area contributed by atoms with Crippen molar-refractivity contribution < 1.29 is 9.53 Å². The largest absolute Gasteiger partial charge is 0.448 e. The lowest BCUT2D eigenvalue weighted by Crippen LogP contribution is -2.22. The van der Waals surface area contributed by atoms with Crippen LogP contribution in [0.25, 0.3) is 22.3 Å². The van der Waals surface area contributed by atoms with Crippen LogP contribution in [0.5, 0.6) is 5.75 Å². The fourth-order valence-corrected chi connectivity index (χ4v) is 4.33. The lowest BCUT2D eigenvalue weighted by atomic mass is 10.0. The van der Waals surface area contributed by atoms with Crippen LogP contribution in [0, 0.1) is 5.92 Å². The molecule has 1 saturated carbocycles. The fraction of sp³-hybridized carbons (Fsp3) is 0.348. The summed E-state index contributed by atoms with van der Waals surface area (Å²) in [5.74, 6) is 1.01. The van der Waals surface area contributed by atoms with Crippen LogP contribution in [0.4, 0.5) is 0 Å². The van der Waals surface area contributed by atoms with Crippen LogP contribution in [-0.2, 0) is 11.2 Å². The molecule has 150 valence electrons. The molecule has 0 aliphatic heterocycles. The van der Waals surface area contributed by atoms with E-state index in [1.54, 1.807) is 6.20 Å². The predicted molar refractivity (Wildman–Crippen MR) is 119 cm³/mol. The van der Waals surface area contributed by atoms with Crippen LogP contribution in [0.3, 0.4) is 0 Å². The number of benzene rings is 1. The summed E-state index contributed by atoms with van der Waals surface area (Å²) in [5.41, 5.74) is 4.03. The van der Waals surface area contributed by atoms with Gasteiger partial charge < -0.3 is 15.0 Å². The molecule has 1 amide bonds. The zero-order valence-electron chi connectivity index (χ0n) is 16.5. The van der Waals surface area contributed by atoms with E-state index >= 15 is 0 Å². The molecule has 2 heterocycles. The first-order valence-electron chi connectivity index (χ1n) is 10.1. The Morgan fingerprint density at radius 3 is 2.76 bits per heavy atom. The molecule has 29 heavy (non-hydrogen) atoms. The number of aromatic nitrogens is 2. The number of carbonyl (C=O) groups is 1. The molecule has 0 spiro atoms. The maximum atomic E-state index is 11.3. The number of carbonyl (C=O) groups excluding carboxylic acids is 1. The van der Waals surface area contributed by atoms with E-state index in [1.807, 2.05) is 24.3 Å². The van der Waals surface area contributed by atoms with Gasteiger partial charge in [0.05, 0.1) is 11.9 Å². The lowest BCUT2D eigenvalue weighted by Gasteiger charge is -2.12. The van der Waals surface area contributed by atoms with Crippen LogP contribution in [0.2, 0.25) is 0 Å². The molecule has 1 aliphatic rings. The van der Waals surface area contributed by atoms with Crippen molar-refractivity contribution in [3.8, 4) is 17.0 Å². The Balaban J connectivity index is 1.67. The standard InChI is InChI=1S/C23H25N3O2S/c1-15(27)24-12-11-19-20-13-18(28-23(29)17-9-5-6-10-17)14-25-22(20)26-21(19)16-7-3-2-4-8-16/h2-4,7-8,13-14,17H,5-6,9-12H2,1H3,(H,24,27)(H,25,26). The molecular formula is C23H25N3O2S. The zero-order valence-corrected chi connectivity index (χ0v) is 17.3. The third-order valence-corrected chi connectivity index (χ3v) is 5.87. The Hall–Kier alpha value is -2.73. The molecule has 5 nitrogen and oxygen atoms in total. The quantitative estimate of drug-likeness (QED) is 0.576. The van der Waals surface area contributed by atoms with E-state index in [1.165, 1.54) is 19.8 Å². The number of hydrogen-bond donors (Lipinski definition) is 2. The molecule has 0 bridgehead atoms. The Bertz CT molecular complexity index is 1020. The number of nitrogens with one attached hydrogen (secondary N) is 2. The highest BCUT2D eigenvalue weighted by atomic mass is 32.1. The van der Waals surface area contributed by atoms with Gasteiger partial charge in [-0.2, -0.15) is 0 Å². The number of ether oxygens (including phenoxy) is 1. The van der Waals surface area contributed by atoms with Gasteiger partial charge in [-0.25, -0.2) is 4.98 Å². The molecule has 0 radical (unpaired) electrons. The Morgan fingerprint density at radius 1 is 1.28 bits per heavy atom. The first-order valence-corrected chi connectivity index (χ1v) is 10.5. The van der Waals surface area contributed by atoms with E-state index < -0.39 is 0 Å². The van der Waals surface area contributed by atoms with Gasteiger partial charge in [-0.1, -0.05) is 43.2 Å². The van der Waals surface area contributed by atoms with Gasteiger partial charge in [0, 0.05) is 24.8 Å². The van der Waals surface area contributed by atoms with Gasteiger partial charge in [-0.3, -0.25) is 4.79 Å². The molecule has 0 atom stereocenters. The first kappa shape index (κ1) is 19.6. The van der Waals surface area contributed by atoms with Crippen molar-refractivity contribution in [2.45, 2.75) is 39.0 Å². The minimum Gasteiger partial charge on any atom is -0.448 e. The van der Waals surface area contributed by atoms with Crippen LogP contribution in [0.15, 0.2) is 42.6 Å². The number of fused-ring (bicyclic) bond motifs is 1. The number of aromatic amines is 1. The Kier molecular flexibility index (Phi) is 5.90. The monoisotopic (exact) mass is 407 g/mol. The highest BCUT2D eigenvalue weighted by Gasteiger charge is 2.22. The van der Waals surface area contributed by atoms with Crippen molar-refractivity contribution in [2.24, 2.45) is 5.92 Å². The average Bonchev–Trinajstić information content (AvgIpc) is 3.37. The third kappa shape index (κ3) is 4.48. The van der Waals surface area contributed by atoms with Gasteiger partial charge >= 0.3 is 0 Å². The zero-order chi connectivity index (χ0) is 20.2. The summed E-state index contributed by atoms with van der Waals surface area (Å²) >= 11 is 5.53. The minimum atomic E-state index is -0.0323. The maximum Gasteiger partial charge on any atom is 0.216 e. The van der Waals surface area contributed by atoms with Crippen molar-refractivity contribution in [2.75, 3.05) is 6.54 Å². The van der Waals surface area contributed by atoms with E-state index in [2.05, 4.69) is 27.4 Å². The van der Waals surface area contributed by atoms with Gasteiger partial charge in [0.2, 0.25) is 5.91 Å². The molecule has 6 heteroatoms. The number of hydrogen-bond acceptors (Lipinski definition) is 4. The summed E-state index contributed by atoms with van der Waals surface area (Å²) in [6.07, 6.45) is 7.08. The van der Waals surface area contributed by atoms with Gasteiger partial charge in [0.15, 0.2) is 5.05 Å². The van der Waals surface area contributed by atoms with E-state index in [0.717, 1.165) is 40.7 Å². The van der Waals surface area contributed by atoms with Crippen LogP contribution in [-0.4, -0.2) is 27.5 Å². The molecule has 1 fully saturated rings. The van der Waals surface area contributed by atoms with Crippen LogP contribution >= 0.6 is 12.2 Å². The number of thiocarbonyl (C=S) groups is 1. The molecule has 1 aromatic carbocycles. The Labute approximate surface area is 175 Å². The average molecular weight is 408 g/mol. The Morgan fingerprint density at radius 2 is 2.03 bits per heavy atom. The minimum absolute atomic E-state index is 0.0323. The van der Waals surface area contributed by atoms with Crippen molar-refractivity contribution in [3.05, 3.63) is 48.2 Å². The second-order valence-corrected chi connectivity index (χ2v) is 7.95. The number of pyridine rings is 1. The van der Waals surface area contributed by atoms with Crippen LogP contribution < -0.4 is 10.1 Å². The summed E-state index contributed by atoms with van der Waals surface area (Å²) in [4.78, 5) is 19.4. The van der Waals surface area contributed by atoms with Crippen molar-refractivity contribution in [3.63, 3.8) is 0 Å². The maximum absolute atomic E-state index is 11.3. The molecule has 0 saturated heterocycles. The van der Waals surface area contributed by atoms with E-state index in [9.17, 15) is 4.79 Å². The second kappa shape index (κ2) is 8.74. The lowest BCUT2D eigenvalue weighted by molar-refractivity contribution is -0.118. The van der Waals surface area contributed by atoms with Gasteiger partial charge in [-0.05, 0) is 48.7 Å². The van der Waals surface area contributed by atoms with Gasteiger partial charge in [-0.15, -0.1) is 0 Å². The molecule has 0 unspecified atom stereocenters. The molecule has 2 N–H and O–H groups in total. The molecular weight excluding hydrogens is 382 g/mol. The second-order valence-electron chi connectivity index (χ2n) is 7.55. The van der Waals surface area contributed by atoms with Crippen molar-refractivity contribution in [1.82, 2.24) is 15.3 Å². The third-order valence-electron chi connectivity index (χ3n) is 5.45. The predicted octanol–water partition coefficient (Wildman–Crippen LogP) is 4.80. The summed E-state index contributed by atoms with van der Waals surface area (Å²) in [7, 11) is 0. The van der Waals surface area contributed by atoms with E-state index in [4.69, 9.17) is 17.0 Å². The van der Waals surface area contributed by atoms with Gasteiger partial charge in [0.1, 0.15) is 11.4 Å². The van der Waals surface area contributed by atoms with Crippen LogP contribution in [0.1, 0.15) is 38.2 Å². The summed E-state index contributed by atoms with van der Waals surface area (Å²) in [6.45, 7) is 2.10. The molecule has 2 aromatic heterocycles. The summed E-state index contributed by atoms with van der Waals surface area (Å²) < 4.78 is 6.00. The van der Waals surface area contributed by atoms with E-state index in [-0.39, 0.29) is 5.91 Å².